The molecule has 0 saturated carbocycles. The molecule has 0 aliphatic heterocycles. The molecule has 2 unspecified atom stereocenters. The van der Waals surface area contributed by atoms with Gasteiger partial charge in [0.1, 0.15) is 12.1 Å². The van der Waals surface area contributed by atoms with Gasteiger partial charge in [-0.2, -0.15) is 11.8 Å². The number of nitrogens with zero attached hydrogens (tertiary/aromatic N) is 1. The highest BCUT2D eigenvalue weighted by Gasteiger charge is 2.12. The first-order valence-electron chi connectivity index (χ1n) is 7.00. The number of thioether (sulfide) groups is 1. The highest BCUT2D eigenvalue weighted by molar-refractivity contribution is 7.98. The standard InChI is InChI=1S/C6H9N3O2.C5H11NO2S.C2H5NO2/c7-5(6(10)11)1-4-2-8-3-9-4;1-9-3-2-4(6)5(7)8;3-1-2(4)5/h2-3,5H,1,7H2,(H,8,9)(H,10,11);4H,2-3,6H2,1H3,(H,7,8);1,3H2,(H,4,5). The molecule has 10 N–H and O–H groups in total. The van der Waals surface area contributed by atoms with E-state index in [9.17, 15) is 14.4 Å². The van der Waals surface area contributed by atoms with Crippen LogP contribution in [0.3, 0.4) is 0 Å². The Labute approximate surface area is 149 Å². The lowest BCUT2D eigenvalue weighted by Crippen LogP contribution is -2.32. The van der Waals surface area contributed by atoms with Gasteiger partial charge in [-0.05, 0) is 18.4 Å². The summed E-state index contributed by atoms with van der Waals surface area (Å²) in [5.74, 6) is -2.07. The van der Waals surface area contributed by atoms with Crippen LogP contribution in [0.25, 0.3) is 0 Å². The number of aliphatic carboxylic acids is 3. The monoisotopic (exact) mass is 379 g/mol. The highest BCUT2D eigenvalue weighted by atomic mass is 32.2. The fourth-order valence-electron chi connectivity index (χ4n) is 1.08. The van der Waals surface area contributed by atoms with E-state index in [1.807, 2.05) is 6.26 Å². The van der Waals surface area contributed by atoms with Crippen molar-refractivity contribution in [1.29, 1.82) is 0 Å². The van der Waals surface area contributed by atoms with Gasteiger partial charge in [0.05, 0.1) is 18.6 Å². The van der Waals surface area contributed by atoms with E-state index < -0.39 is 30.0 Å². The Morgan fingerprint density at radius 2 is 1.72 bits per heavy atom. The van der Waals surface area contributed by atoms with Gasteiger partial charge in [-0.1, -0.05) is 0 Å². The number of imidazole rings is 1. The lowest BCUT2D eigenvalue weighted by molar-refractivity contribution is -0.139. The van der Waals surface area contributed by atoms with Crippen LogP contribution in [0.5, 0.6) is 0 Å². The van der Waals surface area contributed by atoms with E-state index >= 15 is 0 Å². The minimum absolute atomic E-state index is 0.263. The molecular formula is C13H25N5O6S. The molecule has 1 heterocycles. The number of nitrogens with one attached hydrogen (secondary N) is 1. The van der Waals surface area contributed by atoms with Gasteiger partial charge < -0.3 is 37.5 Å². The second-order valence-corrected chi connectivity index (χ2v) is 5.52. The maximum atomic E-state index is 10.3. The van der Waals surface area contributed by atoms with Crippen LogP contribution in [-0.4, -0.2) is 73.8 Å². The second-order valence-electron chi connectivity index (χ2n) is 4.53. The molecule has 1 aromatic heterocycles. The summed E-state index contributed by atoms with van der Waals surface area (Å²) >= 11 is 1.60. The van der Waals surface area contributed by atoms with Crippen molar-refractivity contribution >= 4 is 29.7 Å². The summed E-state index contributed by atoms with van der Waals surface area (Å²) in [6, 6.07) is -1.55. The van der Waals surface area contributed by atoms with Crippen LogP contribution in [0.15, 0.2) is 12.5 Å². The normalized spacial score (nSPS) is 11.8. The predicted octanol–water partition coefficient (Wildman–Crippen LogP) is -1.45. The summed E-state index contributed by atoms with van der Waals surface area (Å²) in [6.07, 6.45) is 5.86. The van der Waals surface area contributed by atoms with E-state index in [0.29, 0.717) is 12.1 Å². The van der Waals surface area contributed by atoms with E-state index in [4.69, 9.17) is 26.8 Å². The summed E-state index contributed by atoms with van der Waals surface area (Å²) in [7, 11) is 0. The molecule has 0 bridgehead atoms. The molecule has 0 aromatic carbocycles. The Morgan fingerprint density at radius 1 is 1.20 bits per heavy atom. The quantitative estimate of drug-likeness (QED) is 0.277. The number of carbonyl (C=O) groups is 3. The van der Waals surface area contributed by atoms with Crippen LogP contribution in [0.2, 0.25) is 0 Å². The van der Waals surface area contributed by atoms with Crippen LogP contribution in [0, 0.1) is 0 Å². The molecule has 0 fully saturated rings. The van der Waals surface area contributed by atoms with E-state index in [1.165, 1.54) is 6.33 Å². The van der Waals surface area contributed by atoms with E-state index in [2.05, 4.69) is 15.7 Å². The van der Waals surface area contributed by atoms with Crippen molar-refractivity contribution in [3.8, 4) is 0 Å². The Bertz CT molecular complexity index is 499. The van der Waals surface area contributed by atoms with Crippen LogP contribution in [-0.2, 0) is 20.8 Å². The predicted molar refractivity (Wildman–Crippen MR) is 93.2 cm³/mol. The second kappa shape index (κ2) is 15.4. The minimum atomic E-state index is -1.01. The van der Waals surface area contributed by atoms with Gasteiger partial charge in [-0.25, -0.2) is 4.98 Å². The maximum absolute atomic E-state index is 10.3. The average Bonchev–Trinajstić information content (AvgIpc) is 3.06. The smallest absolute Gasteiger partial charge is 0.320 e. The SMILES string of the molecule is CSCCC(N)C(=O)O.NC(Cc1c[nH]cn1)C(=O)O.NCC(=O)O. The summed E-state index contributed by atoms with van der Waals surface area (Å²) in [5, 5.41) is 24.3. The fourth-order valence-corrected chi connectivity index (χ4v) is 1.57. The topological polar surface area (TPSA) is 219 Å². The number of rotatable bonds is 8. The van der Waals surface area contributed by atoms with Crippen LogP contribution in [0.1, 0.15) is 12.1 Å². The van der Waals surface area contributed by atoms with Crippen molar-refractivity contribution in [2.75, 3.05) is 18.6 Å². The van der Waals surface area contributed by atoms with Gasteiger partial charge in [-0.15, -0.1) is 0 Å². The molecule has 0 saturated heterocycles. The number of aromatic amines is 1. The Hall–Kier alpha value is -2.15. The minimum Gasteiger partial charge on any atom is -0.480 e. The number of hydrogen-bond donors (Lipinski definition) is 7. The van der Waals surface area contributed by atoms with Gasteiger partial charge in [0.25, 0.3) is 0 Å². The Kier molecular flexibility index (Phi) is 15.4. The zero-order valence-corrected chi connectivity index (χ0v) is 14.6. The largest absolute Gasteiger partial charge is 0.480 e. The number of nitrogens with two attached hydrogens (primary N) is 3. The third-order valence-corrected chi connectivity index (χ3v) is 3.07. The number of carboxylic acid groups (broad SMARTS) is 3. The molecule has 11 nitrogen and oxygen atoms in total. The van der Waals surface area contributed by atoms with E-state index in [-0.39, 0.29) is 13.0 Å². The molecule has 1 aromatic rings. The molecular weight excluding hydrogens is 354 g/mol. The van der Waals surface area contributed by atoms with Crippen LogP contribution in [0.4, 0.5) is 0 Å². The molecule has 144 valence electrons. The van der Waals surface area contributed by atoms with E-state index in [1.54, 1.807) is 18.0 Å². The summed E-state index contributed by atoms with van der Waals surface area (Å²) in [5.41, 5.74) is 15.7. The zero-order chi connectivity index (χ0) is 19.8. The average molecular weight is 379 g/mol. The van der Waals surface area contributed by atoms with Crippen molar-refractivity contribution < 1.29 is 29.7 Å². The summed E-state index contributed by atoms with van der Waals surface area (Å²) < 4.78 is 0. The van der Waals surface area contributed by atoms with Crippen molar-refractivity contribution in [3.05, 3.63) is 18.2 Å². The molecule has 0 aliphatic rings. The number of H-pyrrole nitrogens is 1. The fraction of sp³-hybridized carbons (Fsp3) is 0.538. The molecule has 25 heavy (non-hydrogen) atoms. The van der Waals surface area contributed by atoms with Crippen LogP contribution >= 0.6 is 11.8 Å². The van der Waals surface area contributed by atoms with Gasteiger partial charge in [-0.3, -0.25) is 14.4 Å². The lowest BCUT2D eigenvalue weighted by atomic mass is 10.2. The van der Waals surface area contributed by atoms with Crippen molar-refractivity contribution in [3.63, 3.8) is 0 Å². The maximum Gasteiger partial charge on any atom is 0.320 e. The molecule has 1 rings (SSSR count). The van der Waals surface area contributed by atoms with Crippen LogP contribution < -0.4 is 17.2 Å². The van der Waals surface area contributed by atoms with Crippen molar-refractivity contribution in [2.24, 2.45) is 17.2 Å². The molecule has 12 heteroatoms. The first-order valence-corrected chi connectivity index (χ1v) is 8.40. The highest BCUT2D eigenvalue weighted by Crippen LogP contribution is 1.97. The molecule has 2 atom stereocenters. The molecule has 0 spiro atoms. The molecule has 0 amide bonds. The summed E-state index contributed by atoms with van der Waals surface area (Å²) in [6.45, 7) is -0.278. The van der Waals surface area contributed by atoms with Gasteiger partial charge in [0.2, 0.25) is 0 Å². The summed E-state index contributed by atoms with van der Waals surface area (Å²) in [4.78, 5) is 36.1. The van der Waals surface area contributed by atoms with Crippen molar-refractivity contribution in [2.45, 2.75) is 24.9 Å². The van der Waals surface area contributed by atoms with Gasteiger partial charge in [0.15, 0.2) is 0 Å². The first-order chi connectivity index (χ1) is 11.6. The Morgan fingerprint density at radius 3 is 2.04 bits per heavy atom. The van der Waals surface area contributed by atoms with Gasteiger partial charge in [0, 0.05) is 12.6 Å². The lowest BCUT2D eigenvalue weighted by Gasteiger charge is -2.02. The van der Waals surface area contributed by atoms with Crippen molar-refractivity contribution in [1.82, 2.24) is 9.97 Å². The first kappa shape index (κ1) is 25.1. The van der Waals surface area contributed by atoms with E-state index in [0.717, 1.165) is 5.75 Å². The van der Waals surface area contributed by atoms with Gasteiger partial charge >= 0.3 is 17.9 Å². The zero-order valence-electron chi connectivity index (χ0n) is 13.8. The molecule has 0 radical (unpaired) electrons. The molecule has 0 aliphatic carbocycles. The number of carboxylic acids is 3. The number of hydrogen-bond acceptors (Lipinski definition) is 8. The Balaban J connectivity index is 0. The third kappa shape index (κ3) is 16.5. The third-order valence-electron chi connectivity index (χ3n) is 2.43. The number of aromatic nitrogens is 2.